The van der Waals surface area contributed by atoms with E-state index in [0.717, 1.165) is 22.4 Å². The Balaban J connectivity index is 1.76. The Morgan fingerprint density at radius 3 is 1.76 bits per heavy atom. The molecule has 0 spiro atoms. The first-order valence-electron chi connectivity index (χ1n) is 9.80. The third-order valence-corrected chi connectivity index (χ3v) is 6.78. The summed E-state index contributed by atoms with van der Waals surface area (Å²) in [6, 6.07) is 28.2. The molecule has 3 nitrogen and oxygen atoms in total. The van der Waals surface area contributed by atoms with Crippen LogP contribution in [-0.4, -0.2) is 14.2 Å². The minimum Gasteiger partial charge on any atom is -0.538 e. The Kier molecular flexibility index (Phi) is 7.41. The van der Waals surface area contributed by atoms with E-state index in [1.807, 2.05) is 66.7 Å². The van der Waals surface area contributed by atoms with Gasteiger partial charge >= 0.3 is 8.32 Å². The van der Waals surface area contributed by atoms with E-state index in [2.05, 4.69) is 43.9 Å². The average Bonchev–Trinajstić information content (AvgIpc) is 2.75. The zero-order valence-electron chi connectivity index (χ0n) is 17.1. The standard InChI is InChI=1S/C25H28O3Si/c1-4-23-17-11-12-18-24(23)28-29(2,3)25(26-19-21-13-7-5-8-14-21)27-20-22-15-9-6-10-16-22/h4-18,25H,1,19-20H2,2-3H3. The van der Waals surface area contributed by atoms with Gasteiger partial charge in [-0.1, -0.05) is 91.5 Å². The zero-order chi connectivity index (χ0) is 20.5. The molecule has 0 aliphatic heterocycles. The molecule has 3 aromatic rings. The van der Waals surface area contributed by atoms with Crippen LogP contribution < -0.4 is 4.43 Å². The molecule has 0 atom stereocenters. The maximum absolute atomic E-state index is 6.48. The van der Waals surface area contributed by atoms with E-state index in [1.54, 1.807) is 0 Å². The highest BCUT2D eigenvalue weighted by molar-refractivity contribution is 6.72. The van der Waals surface area contributed by atoms with Crippen LogP contribution in [0.15, 0.2) is 91.5 Å². The van der Waals surface area contributed by atoms with Crippen molar-refractivity contribution < 1.29 is 13.9 Å². The lowest BCUT2D eigenvalue weighted by Gasteiger charge is -2.33. The Morgan fingerprint density at radius 1 is 0.759 bits per heavy atom. The quantitative estimate of drug-likeness (QED) is 0.297. The summed E-state index contributed by atoms with van der Waals surface area (Å²) >= 11 is 0. The van der Waals surface area contributed by atoms with Gasteiger partial charge in [-0.25, -0.2) is 0 Å². The largest absolute Gasteiger partial charge is 0.538 e. The highest BCUT2D eigenvalue weighted by Crippen LogP contribution is 2.26. The summed E-state index contributed by atoms with van der Waals surface area (Å²) in [7, 11) is -2.42. The number of hydrogen-bond acceptors (Lipinski definition) is 3. The van der Waals surface area contributed by atoms with Crippen LogP contribution in [0.4, 0.5) is 0 Å². The lowest BCUT2D eigenvalue weighted by molar-refractivity contribution is -0.117. The van der Waals surface area contributed by atoms with Gasteiger partial charge in [0.25, 0.3) is 0 Å². The fraction of sp³-hybridized carbons (Fsp3) is 0.200. The fourth-order valence-corrected chi connectivity index (χ4v) is 4.83. The van der Waals surface area contributed by atoms with Crippen LogP contribution in [0.2, 0.25) is 13.1 Å². The molecule has 0 aliphatic carbocycles. The minimum absolute atomic E-state index is 0.430. The van der Waals surface area contributed by atoms with Gasteiger partial charge in [0.05, 0.1) is 13.2 Å². The summed E-state index contributed by atoms with van der Waals surface area (Å²) in [5, 5.41) is 0. The molecule has 0 aromatic heterocycles. The SMILES string of the molecule is C=Cc1ccccc1O[Si](C)(C)C(OCc1ccccc1)OCc1ccccc1. The van der Waals surface area contributed by atoms with Crippen LogP contribution in [0.1, 0.15) is 16.7 Å². The van der Waals surface area contributed by atoms with Crippen molar-refractivity contribution in [2.75, 3.05) is 0 Å². The third-order valence-electron chi connectivity index (χ3n) is 4.57. The molecule has 0 radical (unpaired) electrons. The van der Waals surface area contributed by atoms with Gasteiger partial charge in [0.2, 0.25) is 0 Å². The van der Waals surface area contributed by atoms with Crippen molar-refractivity contribution in [3.05, 3.63) is 108 Å². The topological polar surface area (TPSA) is 27.7 Å². The first-order valence-corrected chi connectivity index (χ1v) is 12.8. The Morgan fingerprint density at radius 2 is 1.24 bits per heavy atom. The molecular weight excluding hydrogens is 376 g/mol. The predicted molar refractivity (Wildman–Crippen MR) is 121 cm³/mol. The lowest BCUT2D eigenvalue weighted by Crippen LogP contribution is -2.50. The smallest absolute Gasteiger partial charge is 0.302 e. The van der Waals surface area contributed by atoms with E-state index in [1.165, 1.54) is 0 Å². The van der Waals surface area contributed by atoms with Gasteiger partial charge in [-0.15, -0.1) is 0 Å². The van der Waals surface area contributed by atoms with Crippen molar-refractivity contribution >= 4 is 14.4 Å². The summed E-state index contributed by atoms with van der Waals surface area (Å²) in [6.07, 6.45) is 1.81. The van der Waals surface area contributed by atoms with E-state index in [9.17, 15) is 0 Å². The van der Waals surface area contributed by atoms with Crippen molar-refractivity contribution in [1.29, 1.82) is 0 Å². The average molecular weight is 405 g/mol. The van der Waals surface area contributed by atoms with Crippen LogP contribution in [0.3, 0.4) is 0 Å². The van der Waals surface area contributed by atoms with E-state index in [0.29, 0.717) is 13.2 Å². The molecule has 3 aromatic carbocycles. The first kappa shape index (κ1) is 21.1. The molecule has 0 saturated carbocycles. The van der Waals surface area contributed by atoms with E-state index in [-0.39, 0.29) is 0 Å². The highest BCUT2D eigenvalue weighted by Gasteiger charge is 2.38. The normalized spacial score (nSPS) is 11.4. The van der Waals surface area contributed by atoms with E-state index < -0.39 is 14.2 Å². The lowest BCUT2D eigenvalue weighted by atomic mass is 10.2. The van der Waals surface area contributed by atoms with Gasteiger partial charge in [0, 0.05) is 5.56 Å². The van der Waals surface area contributed by atoms with Crippen LogP contribution in [-0.2, 0) is 22.7 Å². The molecule has 0 aliphatic rings. The van der Waals surface area contributed by atoms with Crippen molar-refractivity contribution in [3.8, 4) is 5.75 Å². The van der Waals surface area contributed by atoms with Crippen molar-refractivity contribution in [1.82, 2.24) is 0 Å². The maximum atomic E-state index is 6.48. The number of hydrogen-bond donors (Lipinski definition) is 0. The summed E-state index contributed by atoms with van der Waals surface area (Å²) in [6.45, 7) is 9.08. The second-order valence-corrected chi connectivity index (χ2v) is 11.3. The Bertz CT molecular complexity index is 851. The fourth-order valence-electron chi connectivity index (χ4n) is 3.02. The molecule has 0 N–H and O–H groups in total. The van der Waals surface area contributed by atoms with Crippen LogP contribution in [0.5, 0.6) is 5.75 Å². The molecule has 0 saturated heterocycles. The second kappa shape index (κ2) is 10.2. The van der Waals surface area contributed by atoms with Crippen molar-refractivity contribution in [2.24, 2.45) is 0 Å². The molecule has 0 fully saturated rings. The Labute approximate surface area is 174 Å². The van der Waals surface area contributed by atoms with Gasteiger partial charge in [-0.2, -0.15) is 0 Å². The van der Waals surface area contributed by atoms with Gasteiger partial charge in [0.1, 0.15) is 5.75 Å². The van der Waals surface area contributed by atoms with Gasteiger partial charge in [0.15, 0.2) is 5.91 Å². The molecule has 150 valence electrons. The van der Waals surface area contributed by atoms with Gasteiger partial charge in [-0.05, 0) is 30.3 Å². The molecule has 0 amide bonds. The highest BCUT2D eigenvalue weighted by atomic mass is 28.4. The molecule has 0 unspecified atom stereocenters. The van der Waals surface area contributed by atoms with Crippen molar-refractivity contribution in [3.63, 3.8) is 0 Å². The van der Waals surface area contributed by atoms with Gasteiger partial charge < -0.3 is 13.9 Å². The van der Waals surface area contributed by atoms with Gasteiger partial charge in [-0.3, -0.25) is 0 Å². The molecule has 3 rings (SSSR count). The molecule has 4 heteroatoms. The molecule has 29 heavy (non-hydrogen) atoms. The maximum Gasteiger partial charge on any atom is 0.302 e. The number of ether oxygens (including phenoxy) is 2. The first-order chi connectivity index (χ1) is 14.1. The zero-order valence-corrected chi connectivity index (χ0v) is 18.1. The predicted octanol–water partition coefficient (Wildman–Crippen LogP) is 6.21. The summed E-state index contributed by atoms with van der Waals surface area (Å²) in [4.78, 5) is 0. The number of benzene rings is 3. The molecular formula is C25H28O3Si. The molecule has 0 heterocycles. The summed E-state index contributed by atoms with van der Waals surface area (Å²) in [5.74, 6) is 0.386. The number of rotatable bonds is 10. The van der Waals surface area contributed by atoms with E-state index >= 15 is 0 Å². The third kappa shape index (κ3) is 6.16. The molecule has 0 bridgehead atoms. The summed E-state index contributed by atoms with van der Waals surface area (Å²) < 4.78 is 19.0. The minimum atomic E-state index is -2.42. The van der Waals surface area contributed by atoms with Crippen molar-refractivity contribution in [2.45, 2.75) is 32.2 Å². The van der Waals surface area contributed by atoms with Crippen LogP contribution >= 0.6 is 0 Å². The van der Waals surface area contributed by atoms with E-state index in [4.69, 9.17) is 13.9 Å². The van der Waals surface area contributed by atoms with Crippen LogP contribution in [0.25, 0.3) is 6.08 Å². The monoisotopic (exact) mass is 404 g/mol. The number of para-hydroxylation sites is 1. The second-order valence-electron chi connectivity index (χ2n) is 7.37. The summed E-state index contributed by atoms with van der Waals surface area (Å²) in [5.41, 5.74) is 3.19. The Hall–Kier alpha value is -2.66. The van der Waals surface area contributed by atoms with Crippen LogP contribution in [0, 0.1) is 0 Å².